The molecule has 1 aliphatic heterocycles. The number of benzene rings is 1. The summed E-state index contributed by atoms with van der Waals surface area (Å²) in [5.74, 6) is 0. The van der Waals surface area contributed by atoms with Gasteiger partial charge >= 0.3 is 6.09 Å². The normalized spacial score (nSPS) is 14.8. The van der Waals surface area contributed by atoms with E-state index in [4.69, 9.17) is 9.47 Å². The van der Waals surface area contributed by atoms with Gasteiger partial charge in [-0.1, -0.05) is 51.8 Å². The third kappa shape index (κ3) is 4.98. The molecule has 0 bridgehead atoms. The summed E-state index contributed by atoms with van der Waals surface area (Å²) in [7, 11) is 0. The average molecular weight is 340 g/mol. The van der Waals surface area contributed by atoms with Crippen LogP contribution in [0.25, 0.3) is 0 Å². The highest BCUT2D eigenvalue weighted by molar-refractivity contribution is 9.11. The predicted octanol–water partition coefficient (Wildman–Crippen LogP) is 3.37. The minimum Gasteiger partial charge on any atom is -0.445 e. The van der Waals surface area contributed by atoms with Gasteiger partial charge in [-0.25, -0.2) is 4.79 Å². The van der Waals surface area contributed by atoms with Crippen molar-refractivity contribution in [2.24, 2.45) is 0 Å². The van der Waals surface area contributed by atoms with E-state index >= 15 is 0 Å². The number of carbonyl (C=O) groups excluding carboxylic acids is 1. The Morgan fingerprint density at radius 3 is 2.65 bits per heavy atom. The van der Waals surface area contributed by atoms with Crippen molar-refractivity contribution in [3.63, 3.8) is 0 Å². The summed E-state index contributed by atoms with van der Waals surface area (Å²) < 4.78 is 11.5. The number of ether oxygens (including phenoxy) is 2. The maximum atomic E-state index is 11.6. The molecule has 0 atom stereocenters. The second-order valence-electron chi connectivity index (χ2n) is 4.54. The Labute approximate surface area is 127 Å². The Kier molecular flexibility index (Phi) is 6.08. The van der Waals surface area contributed by atoms with E-state index in [1.807, 2.05) is 30.3 Å². The number of alkyl carbamates (subject to hydrolysis) is 1. The van der Waals surface area contributed by atoms with Gasteiger partial charge in [0.2, 0.25) is 0 Å². The molecule has 4 nitrogen and oxygen atoms in total. The van der Waals surface area contributed by atoms with Crippen LogP contribution in [0.15, 0.2) is 40.4 Å². The van der Waals surface area contributed by atoms with Crippen molar-refractivity contribution in [3.8, 4) is 0 Å². The van der Waals surface area contributed by atoms with E-state index in [1.165, 1.54) is 5.57 Å². The third-order valence-corrected chi connectivity index (χ3v) is 3.92. The van der Waals surface area contributed by atoms with Crippen molar-refractivity contribution in [3.05, 3.63) is 46.0 Å². The molecule has 2 rings (SSSR count). The number of amides is 1. The zero-order valence-electron chi connectivity index (χ0n) is 11.2. The molecule has 1 saturated heterocycles. The van der Waals surface area contributed by atoms with Crippen molar-refractivity contribution >= 4 is 22.0 Å². The SMILES string of the molecule is O=C(NCC(Br)=C1CCOCC1)OCc1ccccc1. The molecule has 0 aliphatic carbocycles. The lowest BCUT2D eigenvalue weighted by Gasteiger charge is -2.17. The minimum absolute atomic E-state index is 0.286. The van der Waals surface area contributed by atoms with E-state index < -0.39 is 6.09 Å². The van der Waals surface area contributed by atoms with Crippen LogP contribution in [0, 0.1) is 0 Å². The van der Waals surface area contributed by atoms with Gasteiger partial charge in [0, 0.05) is 4.48 Å². The smallest absolute Gasteiger partial charge is 0.407 e. The monoisotopic (exact) mass is 339 g/mol. The van der Waals surface area contributed by atoms with Gasteiger partial charge in [-0.2, -0.15) is 0 Å². The first-order valence-electron chi connectivity index (χ1n) is 6.64. The molecule has 1 N–H and O–H groups in total. The molecule has 1 fully saturated rings. The van der Waals surface area contributed by atoms with Gasteiger partial charge in [0.25, 0.3) is 0 Å². The van der Waals surface area contributed by atoms with Gasteiger partial charge in [-0.05, 0) is 18.4 Å². The molecule has 20 heavy (non-hydrogen) atoms. The second kappa shape index (κ2) is 8.07. The van der Waals surface area contributed by atoms with Crippen LogP contribution < -0.4 is 5.32 Å². The standard InChI is InChI=1S/C15H18BrNO3/c16-14(13-6-8-19-9-7-13)10-17-15(18)20-11-12-4-2-1-3-5-12/h1-5H,6-11H2,(H,17,18). The highest BCUT2D eigenvalue weighted by atomic mass is 79.9. The summed E-state index contributed by atoms with van der Waals surface area (Å²) in [6, 6.07) is 9.62. The van der Waals surface area contributed by atoms with Crippen molar-refractivity contribution in [1.29, 1.82) is 0 Å². The molecule has 5 heteroatoms. The summed E-state index contributed by atoms with van der Waals surface area (Å²) >= 11 is 3.52. The fourth-order valence-corrected chi connectivity index (χ4v) is 2.47. The summed E-state index contributed by atoms with van der Waals surface area (Å²) in [5, 5.41) is 2.74. The van der Waals surface area contributed by atoms with E-state index in [1.54, 1.807) is 0 Å². The van der Waals surface area contributed by atoms with Gasteiger partial charge < -0.3 is 14.8 Å². The van der Waals surface area contributed by atoms with E-state index in [0.717, 1.165) is 36.1 Å². The number of hydrogen-bond donors (Lipinski definition) is 1. The lowest BCUT2D eigenvalue weighted by Crippen LogP contribution is -2.26. The molecular weight excluding hydrogens is 322 g/mol. The summed E-state index contributed by atoms with van der Waals surface area (Å²) in [6.07, 6.45) is 1.43. The molecular formula is C15H18BrNO3. The molecule has 0 unspecified atom stereocenters. The number of carbonyl (C=O) groups is 1. The van der Waals surface area contributed by atoms with E-state index in [-0.39, 0.29) is 6.61 Å². The molecule has 1 amide bonds. The van der Waals surface area contributed by atoms with Crippen LogP contribution in [-0.2, 0) is 16.1 Å². The maximum absolute atomic E-state index is 11.6. The Morgan fingerprint density at radius 2 is 1.95 bits per heavy atom. The van der Waals surface area contributed by atoms with Crippen LogP contribution in [0.3, 0.4) is 0 Å². The quantitative estimate of drug-likeness (QED) is 0.914. The second-order valence-corrected chi connectivity index (χ2v) is 5.49. The van der Waals surface area contributed by atoms with Crippen LogP contribution in [-0.4, -0.2) is 25.9 Å². The predicted molar refractivity (Wildman–Crippen MR) is 80.6 cm³/mol. The molecule has 0 radical (unpaired) electrons. The van der Waals surface area contributed by atoms with Crippen LogP contribution in [0.5, 0.6) is 0 Å². The highest BCUT2D eigenvalue weighted by Crippen LogP contribution is 2.21. The number of rotatable bonds is 4. The Hall–Kier alpha value is -1.33. The Balaban J connectivity index is 1.72. The number of halogens is 1. The Morgan fingerprint density at radius 1 is 1.25 bits per heavy atom. The van der Waals surface area contributed by atoms with Crippen LogP contribution in [0.4, 0.5) is 4.79 Å². The van der Waals surface area contributed by atoms with E-state index in [9.17, 15) is 4.79 Å². The third-order valence-electron chi connectivity index (χ3n) is 3.08. The van der Waals surface area contributed by atoms with Crippen molar-refractivity contribution in [2.45, 2.75) is 19.4 Å². The van der Waals surface area contributed by atoms with Gasteiger partial charge in [0.05, 0.1) is 19.8 Å². The lowest BCUT2D eigenvalue weighted by molar-refractivity contribution is 0.119. The largest absolute Gasteiger partial charge is 0.445 e. The lowest BCUT2D eigenvalue weighted by atomic mass is 10.1. The molecule has 0 saturated carbocycles. The topological polar surface area (TPSA) is 47.6 Å². The molecule has 0 spiro atoms. The van der Waals surface area contributed by atoms with Gasteiger partial charge in [0.15, 0.2) is 0 Å². The van der Waals surface area contributed by atoms with Crippen molar-refractivity contribution in [1.82, 2.24) is 5.32 Å². The molecule has 1 aromatic carbocycles. The van der Waals surface area contributed by atoms with Crippen molar-refractivity contribution in [2.75, 3.05) is 19.8 Å². The molecule has 1 aromatic rings. The highest BCUT2D eigenvalue weighted by Gasteiger charge is 2.11. The Bertz CT molecular complexity index is 465. The summed E-state index contributed by atoms with van der Waals surface area (Å²) in [6.45, 7) is 2.25. The molecule has 0 aromatic heterocycles. The fourth-order valence-electron chi connectivity index (χ4n) is 1.94. The summed E-state index contributed by atoms with van der Waals surface area (Å²) in [4.78, 5) is 11.6. The molecule has 1 aliphatic rings. The first kappa shape index (κ1) is 15.1. The first-order chi connectivity index (χ1) is 9.75. The molecule has 108 valence electrons. The zero-order valence-corrected chi connectivity index (χ0v) is 12.8. The van der Waals surface area contributed by atoms with Crippen LogP contribution in [0.2, 0.25) is 0 Å². The average Bonchev–Trinajstić information content (AvgIpc) is 2.52. The zero-order chi connectivity index (χ0) is 14.2. The van der Waals surface area contributed by atoms with E-state index in [0.29, 0.717) is 6.54 Å². The van der Waals surface area contributed by atoms with Crippen LogP contribution in [0.1, 0.15) is 18.4 Å². The summed E-state index contributed by atoms with van der Waals surface area (Å²) in [5.41, 5.74) is 2.28. The van der Waals surface area contributed by atoms with Gasteiger partial charge in [0.1, 0.15) is 6.61 Å². The van der Waals surface area contributed by atoms with Gasteiger partial charge in [-0.3, -0.25) is 0 Å². The minimum atomic E-state index is -0.404. The van der Waals surface area contributed by atoms with E-state index in [2.05, 4.69) is 21.2 Å². The van der Waals surface area contributed by atoms with Crippen molar-refractivity contribution < 1.29 is 14.3 Å². The van der Waals surface area contributed by atoms with Crippen LogP contribution >= 0.6 is 15.9 Å². The fraction of sp³-hybridized carbons (Fsp3) is 0.400. The maximum Gasteiger partial charge on any atom is 0.407 e. The molecule has 1 heterocycles. The first-order valence-corrected chi connectivity index (χ1v) is 7.43. The number of hydrogen-bond acceptors (Lipinski definition) is 3. The van der Waals surface area contributed by atoms with Gasteiger partial charge in [-0.15, -0.1) is 0 Å². The number of nitrogens with one attached hydrogen (secondary N) is 1.